The van der Waals surface area contributed by atoms with Crippen molar-refractivity contribution in [3.8, 4) is 0 Å². The minimum atomic E-state index is -4.44. The lowest BCUT2D eigenvalue weighted by Gasteiger charge is -2.36. The lowest BCUT2D eigenvalue weighted by Crippen LogP contribution is -2.64. The van der Waals surface area contributed by atoms with Crippen molar-refractivity contribution in [2.45, 2.75) is 18.2 Å². The Morgan fingerprint density at radius 3 is 1.75 bits per heavy atom. The molecule has 0 radical (unpaired) electrons. The Balaban J connectivity index is 4.79. The Bertz CT molecular complexity index is 300. The fourth-order valence-corrected chi connectivity index (χ4v) is 2.01. The van der Waals surface area contributed by atoms with Gasteiger partial charge in [0.2, 0.25) is 0 Å². The molecule has 6 N–H and O–H groups in total. The van der Waals surface area contributed by atoms with E-state index in [1.807, 2.05) is 0 Å². The Morgan fingerprint density at radius 2 is 1.50 bits per heavy atom. The van der Waals surface area contributed by atoms with Crippen molar-refractivity contribution in [1.82, 2.24) is 5.32 Å². The molecule has 0 spiro atoms. The molecule has 1 unspecified atom stereocenters. The summed E-state index contributed by atoms with van der Waals surface area (Å²) in [5.74, 6) is -1.04. The molecular formula is C7H17NO7S. The fraction of sp³-hybridized carbons (Fsp3) is 1.00. The van der Waals surface area contributed by atoms with Crippen molar-refractivity contribution >= 4 is 10.1 Å². The van der Waals surface area contributed by atoms with Crippen LogP contribution in [0.25, 0.3) is 0 Å². The van der Waals surface area contributed by atoms with Crippen LogP contribution >= 0.6 is 0 Å². The maximum absolute atomic E-state index is 10.6. The zero-order valence-electron chi connectivity index (χ0n) is 8.79. The number of rotatable bonds is 7. The first-order valence-corrected chi connectivity index (χ1v) is 6.00. The summed E-state index contributed by atoms with van der Waals surface area (Å²) in [6, 6.07) is 0. The fourth-order valence-electron chi connectivity index (χ4n) is 1.23. The second kappa shape index (κ2) is 5.36. The Hall–Kier alpha value is -0.290. The lowest BCUT2D eigenvalue weighted by molar-refractivity contribution is -0.0450. The first-order chi connectivity index (χ1) is 7.10. The molecule has 0 amide bonds. The van der Waals surface area contributed by atoms with Gasteiger partial charge in [-0.1, -0.05) is 0 Å². The van der Waals surface area contributed by atoms with Crippen molar-refractivity contribution in [1.29, 1.82) is 0 Å². The number of aliphatic hydroxyl groups excluding tert-OH is 3. The van der Waals surface area contributed by atoms with Crippen LogP contribution < -0.4 is 5.32 Å². The third-order valence-corrected chi connectivity index (χ3v) is 2.83. The van der Waals surface area contributed by atoms with Gasteiger partial charge in [-0.05, 0) is 6.92 Å². The molecule has 0 saturated heterocycles. The summed E-state index contributed by atoms with van der Waals surface area (Å²) in [4.78, 5) is 0. The largest absolute Gasteiger partial charge is 0.394 e. The van der Waals surface area contributed by atoms with Crippen LogP contribution in [0, 0.1) is 0 Å². The smallest absolute Gasteiger partial charge is 0.269 e. The molecule has 16 heavy (non-hydrogen) atoms. The standard InChI is InChI=1S/C7H17NO7S/c1-6(12,5-16(13,14)15)8-7(2-9,3-10)4-11/h8-12H,2-5H2,1H3,(H,13,14,15). The molecule has 0 aromatic heterocycles. The minimum Gasteiger partial charge on any atom is -0.394 e. The highest BCUT2D eigenvalue weighted by Crippen LogP contribution is 2.11. The summed E-state index contributed by atoms with van der Waals surface area (Å²) in [7, 11) is -4.44. The van der Waals surface area contributed by atoms with Gasteiger partial charge in [0, 0.05) is 0 Å². The minimum absolute atomic E-state index is 0.721. The van der Waals surface area contributed by atoms with Crippen LogP contribution in [0.4, 0.5) is 0 Å². The quantitative estimate of drug-likeness (QED) is 0.208. The number of hydrogen-bond acceptors (Lipinski definition) is 7. The first-order valence-electron chi connectivity index (χ1n) is 4.39. The molecule has 8 nitrogen and oxygen atoms in total. The van der Waals surface area contributed by atoms with Gasteiger partial charge >= 0.3 is 0 Å². The van der Waals surface area contributed by atoms with E-state index in [2.05, 4.69) is 5.32 Å². The molecule has 0 heterocycles. The molecule has 98 valence electrons. The number of aliphatic hydroxyl groups is 4. The van der Waals surface area contributed by atoms with Gasteiger partial charge in [0.05, 0.1) is 25.4 Å². The van der Waals surface area contributed by atoms with Gasteiger partial charge in [-0.15, -0.1) is 0 Å². The summed E-state index contributed by atoms with van der Waals surface area (Å²) in [5.41, 5.74) is -3.73. The summed E-state index contributed by atoms with van der Waals surface area (Å²) < 4.78 is 29.7. The monoisotopic (exact) mass is 259 g/mol. The summed E-state index contributed by atoms with van der Waals surface area (Å²) in [6.45, 7) is -1.14. The molecule has 0 aromatic carbocycles. The third kappa shape index (κ3) is 5.16. The van der Waals surface area contributed by atoms with Crippen LogP contribution in [-0.2, 0) is 10.1 Å². The van der Waals surface area contributed by atoms with E-state index in [-0.39, 0.29) is 0 Å². The highest BCUT2D eigenvalue weighted by atomic mass is 32.2. The summed E-state index contributed by atoms with van der Waals surface area (Å²) in [5, 5.41) is 38.6. The third-order valence-electron chi connectivity index (χ3n) is 1.91. The second-order valence-corrected chi connectivity index (χ2v) is 5.33. The number of nitrogens with one attached hydrogen (secondary N) is 1. The molecule has 1 atom stereocenters. The highest BCUT2D eigenvalue weighted by Gasteiger charge is 2.38. The molecule has 0 fully saturated rings. The van der Waals surface area contributed by atoms with Gasteiger partial charge in [-0.3, -0.25) is 9.87 Å². The maximum atomic E-state index is 10.6. The predicted octanol–water partition coefficient (Wildman–Crippen LogP) is -3.11. The van der Waals surface area contributed by atoms with E-state index in [1.165, 1.54) is 0 Å². The van der Waals surface area contributed by atoms with Crippen LogP contribution in [0.15, 0.2) is 0 Å². The normalized spacial score (nSPS) is 17.1. The molecule has 9 heteroatoms. The van der Waals surface area contributed by atoms with Gasteiger partial charge in [-0.2, -0.15) is 8.42 Å². The van der Waals surface area contributed by atoms with E-state index >= 15 is 0 Å². The van der Waals surface area contributed by atoms with Gasteiger partial charge in [-0.25, -0.2) is 0 Å². The van der Waals surface area contributed by atoms with Crippen molar-refractivity contribution in [3.63, 3.8) is 0 Å². The van der Waals surface area contributed by atoms with Crippen LogP contribution in [-0.4, -0.2) is 70.2 Å². The summed E-state index contributed by atoms with van der Waals surface area (Å²) in [6.07, 6.45) is 0. The van der Waals surface area contributed by atoms with Crippen molar-refractivity contribution < 1.29 is 33.4 Å². The maximum Gasteiger partial charge on any atom is 0.269 e. The first kappa shape index (κ1) is 15.7. The topological polar surface area (TPSA) is 147 Å². The Morgan fingerprint density at radius 1 is 1.12 bits per heavy atom. The molecular weight excluding hydrogens is 242 g/mol. The molecule has 0 saturated carbocycles. The molecule has 0 aromatic rings. The molecule has 0 aliphatic heterocycles. The number of hydrogen-bond donors (Lipinski definition) is 6. The van der Waals surface area contributed by atoms with Gasteiger partial charge in [0.1, 0.15) is 11.5 Å². The van der Waals surface area contributed by atoms with E-state index in [1.54, 1.807) is 0 Å². The molecule has 0 bridgehead atoms. The van der Waals surface area contributed by atoms with Crippen molar-refractivity contribution in [2.24, 2.45) is 0 Å². The van der Waals surface area contributed by atoms with E-state index in [9.17, 15) is 13.5 Å². The Kier molecular flexibility index (Phi) is 5.26. The van der Waals surface area contributed by atoms with E-state index in [4.69, 9.17) is 19.9 Å². The van der Waals surface area contributed by atoms with Crippen LogP contribution in [0.5, 0.6) is 0 Å². The lowest BCUT2D eigenvalue weighted by atomic mass is 10.0. The van der Waals surface area contributed by atoms with Crippen LogP contribution in [0.3, 0.4) is 0 Å². The predicted molar refractivity (Wildman–Crippen MR) is 54.2 cm³/mol. The van der Waals surface area contributed by atoms with Crippen molar-refractivity contribution in [3.05, 3.63) is 0 Å². The zero-order valence-corrected chi connectivity index (χ0v) is 9.61. The van der Waals surface area contributed by atoms with Crippen molar-refractivity contribution in [2.75, 3.05) is 25.6 Å². The average Bonchev–Trinajstić information content (AvgIpc) is 2.10. The Labute approximate surface area is 93.3 Å². The summed E-state index contributed by atoms with van der Waals surface area (Å²) >= 11 is 0. The van der Waals surface area contributed by atoms with Crippen LogP contribution in [0.2, 0.25) is 0 Å². The van der Waals surface area contributed by atoms with Gasteiger partial charge in [0.25, 0.3) is 10.1 Å². The van der Waals surface area contributed by atoms with Gasteiger partial charge < -0.3 is 20.4 Å². The van der Waals surface area contributed by atoms with E-state index in [0.717, 1.165) is 6.92 Å². The molecule has 0 aliphatic rings. The average molecular weight is 259 g/mol. The molecule has 0 rings (SSSR count). The van der Waals surface area contributed by atoms with Gasteiger partial charge in [0.15, 0.2) is 0 Å². The van der Waals surface area contributed by atoms with E-state index in [0.29, 0.717) is 0 Å². The second-order valence-electron chi connectivity index (χ2n) is 3.88. The zero-order chi connectivity index (χ0) is 13.0. The van der Waals surface area contributed by atoms with E-state index < -0.39 is 47.0 Å². The molecule has 0 aliphatic carbocycles. The van der Waals surface area contributed by atoms with Crippen LogP contribution in [0.1, 0.15) is 6.92 Å². The highest BCUT2D eigenvalue weighted by molar-refractivity contribution is 7.85. The SMILES string of the molecule is CC(O)(CS(=O)(=O)O)NC(CO)(CO)CO.